The molecule has 0 aliphatic carbocycles. The Morgan fingerprint density at radius 2 is 2.00 bits per heavy atom. The van der Waals surface area contributed by atoms with Gasteiger partial charge < -0.3 is 9.80 Å². The molecule has 126 valence electrons. The Morgan fingerprint density at radius 1 is 1.30 bits per heavy atom. The van der Waals surface area contributed by atoms with Gasteiger partial charge in [-0.3, -0.25) is 9.59 Å². The first kappa shape index (κ1) is 17.4. The van der Waals surface area contributed by atoms with E-state index in [2.05, 4.69) is 0 Å². The van der Waals surface area contributed by atoms with E-state index in [0.717, 1.165) is 6.26 Å². The molecule has 1 aromatic rings. The van der Waals surface area contributed by atoms with Crippen LogP contribution < -0.4 is 0 Å². The Kier molecular flexibility index (Phi) is 5.03. The zero-order chi connectivity index (χ0) is 17.2. The second kappa shape index (κ2) is 6.66. The van der Waals surface area contributed by atoms with Gasteiger partial charge in [0.1, 0.15) is 28.2 Å². The SMILES string of the molecule is C[C@H]1C(=O)N(Cc2cccc(F)c2)CC(=O)N1CCS(C)(=O)=O. The molecule has 1 saturated heterocycles. The minimum atomic E-state index is -3.22. The lowest BCUT2D eigenvalue weighted by molar-refractivity contribution is -0.155. The van der Waals surface area contributed by atoms with Crippen molar-refractivity contribution in [3.8, 4) is 0 Å². The lowest BCUT2D eigenvalue weighted by atomic mass is 10.1. The minimum Gasteiger partial charge on any atom is -0.328 e. The van der Waals surface area contributed by atoms with Gasteiger partial charge in [0.05, 0.1) is 5.75 Å². The third kappa shape index (κ3) is 4.51. The topological polar surface area (TPSA) is 74.8 Å². The van der Waals surface area contributed by atoms with Crippen molar-refractivity contribution in [2.75, 3.05) is 25.1 Å². The monoisotopic (exact) mass is 342 g/mol. The van der Waals surface area contributed by atoms with Crippen LogP contribution >= 0.6 is 0 Å². The molecule has 1 fully saturated rings. The molecule has 0 aromatic heterocycles. The molecule has 1 heterocycles. The standard InChI is InChI=1S/C15H19FN2O4S/c1-11-15(20)17(9-12-4-3-5-13(16)8-12)10-14(19)18(11)6-7-23(2,21)22/h3-5,8,11H,6-7,9-10H2,1-2H3/t11-/m0/s1. The summed E-state index contributed by atoms with van der Waals surface area (Å²) in [5, 5.41) is 0. The van der Waals surface area contributed by atoms with Crippen LogP contribution in [0.4, 0.5) is 4.39 Å². The highest BCUT2D eigenvalue weighted by atomic mass is 32.2. The Morgan fingerprint density at radius 3 is 2.61 bits per heavy atom. The van der Waals surface area contributed by atoms with Crippen LogP contribution in [0.1, 0.15) is 12.5 Å². The van der Waals surface area contributed by atoms with Gasteiger partial charge in [-0.05, 0) is 24.6 Å². The molecule has 8 heteroatoms. The van der Waals surface area contributed by atoms with Gasteiger partial charge in [0.25, 0.3) is 0 Å². The Balaban J connectivity index is 2.07. The predicted octanol–water partition coefficient (Wildman–Crippen LogP) is 0.430. The lowest BCUT2D eigenvalue weighted by Crippen LogP contribution is -2.59. The zero-order valence-corrected chi connectivity index (χ0v) is 13.8. The van der Waals surface area contributed by atoms with E-state index in [1.165, 1.54) is 21.9 Å². The molecule has 0 N–H and O–H groups in total. The number of halogens is 1. The first-order chi connectivity index (χ1) is 10.7. The Hall–Kier alpha value is -1.96. The van der Waals surface area contributed by atoms with E-state index in [1.54, 1.807) is 19.1 Å². The summed E-state index contributed by atoms with van der Waals surface area (Å²) in [6.45, 7) is 1.58. The number of amides is 2. The number of rotatable bonds is 5. The molecule has 0 unspecified atom stereocenters. The number of hydrogen-bond donors (Lipinski definition) is 0. The van der Waals surface area contributed by atoms with E-state index in [1.807, 2.05) is 0 Å². The van der Waals surface area contributed by atoms with Crippen LogP contribution in [0, 0.1) is 5.82 Å². The van der Waals surface area contributed by atoms with Crippen LogP contribution in [0.25, 0.3) is 0 Å². The molecular formula is C15H19FN2O4S. The maximum atomic E-state index is 13.2. The van der Waals surface area contributed by atoms with Crippen molar-refractivity contribution >= 4 is 21.7 Å². The molecule has 2 rings (SSSR count). The van der Waals surface area contributed by atoms with Gasteiger partial charge in [-0.1, -0.05) is 12.1 Å². The number of nitrogens with zero attached hydrogens (tertiary/aromatic N) is 2. The summed E-state index contributed by atoms with van der Waals surface area (Å²) in [6, 6.07) is 5.12. The van der Waals surface area contributed by atoms with Crippen LogP contribution in [-0.4, -0.2) is 61.2 Å². The van der Waals surface area contributed by atoms with Gasteiger partial charge in [-0.25, -0.2) is 12.8 Å². The van der Waals surface area contributed by atoms with E-state index in [0.29, 0.717) is 5.56 Å². The van der Waals surface area contributed by atoms with Crippen LogP contribution in [-0.2, 0) is 26.0 Å². The van der Waals surface area contributed by atoms with Gasteiger partial charge in [0.15, 0.2) is 0 Å². The summed E-state index contributed by atoms with van der Waals surface area (Å²) in [5.74, 6) is -1.17. The summed E-state index contributed by atoms with van der Waals surface area (Å²) in [4.78, 5) is 27.2. The molecule has 1 atom stereocenters. The normalized spacial score (nSPS) is 19.3. The van der Waals surface area contributed by atoms with Crippen molar-refractivity contribution in [2.24, 2.45) is 0 Å². The maximum Gasteiger partial charge on any atom is 0.245 e. The molecule has 1 aromatic carbocycles. The van der Waals surface area contributed by atoms with Crippen LogP contribution in [0.15, 0.2) is 24.3 Å². The van der Waals surface area contributed by atoms with Gasteiger partial charge >= 0.3 is 0 Å². The summed E-state index contributed by atoms with van der Waals surface area (Å²) in [6.07, 6.45) is 1.09. The molecule has 0 bridgehead atoms. The summed E-state index contributed by atoms with van der Waals surface area (Å²) < 4.78 is 35.7. The van der Waals surface area contributed by atoms with Crippen molar-refractivity contribution in [2.45, 2.75) is 19.5 Å². The highest BCUT2D eigenvalue weighted by molar-refractivity contribution is 7.90. The fourth-order valence-corrected chi connectivity index (χ4v) is 3.05. The fourth-order valence-electron chi connectivity index (χ4n) is 2.52. The number of benzene rings is 1. The van der Waals surface area contributed by atoms with Crippen LogP contribution in [0.2, 0.25) is 0 Å². The zero-order valence-electron chi connectivity index (χ0n) is 13.0. The van der Waals surface area contributed by atoms with Gasteiger partial charge in [-0.15, -0.1) is 0 Å². The number of sulfone groups is 1. The van der Waals surface area contributed by atoms with Crippen molar-refractivity contribution in [3.05, 3.63) is 35.6 Å². The first-order valence-corrected chi connectivity index (χ1v) is 9.24. The molecule has 1 aliphatic rings. The summed E-state index contributed by atoms with van der Waals surface area (Å²) >= 11 is 0. The van der Waals surface area contributed by atoms with Gasteiger partial charge in [-0.2, -0.15) is 0 Å². The van der Waals surface area contributed by atoms with Crippen molar-refractivity contribution in [1.82, 2.24) is 9.80 Å². The summed E-state index contributed by atoms with van der Waals surface area (Å²) in [7, 11) is -3.22. The fraction of sp³-hybridized carbons (Fsp3) is 0.467. The molecule has 0 saturated carbocycles. The quantitative estimate of drug-likeness (QED) is 0.778. The molecule has 23 heavy (non-hydrogen) atoms. The summed E-state index contributed by atoms with van der Waals surface area (Å²) in [5.41, 5.74) is 0.600. The Bertz CT molecular complexity index is 720. The largest absolute Gasteiger partial charge is 0.328 e. The third-order valence-corrected chi connectivity index (χ3v) is 4.67. The number of hydrogen-bond acceptors (Lipinski definition) is 4. The molecule has 2 amide bonds. The predicted molar refractivity (Wildman–Crippen MR) is 82.7 cm³/mol. The van der Waals surface area contributed by atoms with Crippen LogP contribution in [0.5, 0.6) is 0 Å². The second-order valence-electron chi connectivity index (χ2n) is 5.72. The van der Waals surface area contributed by atoms with Crippen molar-refractivity contribution in [3.63, 3.8) is 0 Å². The maximum absolute atomic E-state index is 13.2. The molecular weight excluding hydrogens is 323 g/mol. The third-order valence-electron chi connectivity index (χ3n) is 3.75. The van der Waals surface area contributed by atoms with E-state index in [4.69, 9.17) is 0 Å². The van der Waals surface area contributed by atoms with E-state index in [-0.39, 0.29) is 37.2 Å². The van der Waals surface area contributed by atoms with E-state index >= 15 is 0 Å². The van der Waals surface area contributed by atoms with E-state index < -0.39 is 21.7 Å². The lowest BCUT2D eigenvalue weighted by Gasteiger charge is -2.38. The van der Waals surface area contributed by atoms with E-state index in [9.17, 15) is 22.4 Å². The second-order valence-corrected chi connectivity index (χ2v) is 7.98. The molecule has 0 radical (unpaired) electrons. The molecule has 1 aliphatic heterocycles. The average molecular weight is 342 g/mol. The highest BCUT2D eigenvalue weighted by Crippen LogP contribution is 2.16. The van der Waals surface area contributed by atoms with Crippen molar-refractivity contribution in [1.29, 1.82) is 0 Å². The van der Waals surface area contributed by atoms with Crippen LogP contribution in [0.3, 0.4) is 0 Å². The Labute approximate surface area is 134 Å². The number of piperazine rings is 1. The van der Waals surface area contributed by atoms with Gasteiger partial charge in [0, 0.05) is 19.3 Å². The first-order valence-electron chi connectivity index (χ1n) is 7.18. The molecule has 6 nitrogen and oxygen atoms in total. The van der Waals surface area contributed by atoms with Crippen molar-refractivity contribution < 1.29 is 22.4 Å². The molecule has 0 spiro atoms. The highest BCUT2D eigenvalue weighted by Gasteiger charge is 2.36. The number of carbonyl (C=O) groups excluding carboxylic acids is 2. The number of carbonyl (C=O) groups is 2. The van der Waals surface area contributed by atoms with Gasteiger partial charge in [0.2, 0.25) is 11.8 Å². The smallest absolute Gasteiger partial charge is 0.245 e. The minimum absolute atomic E-state index is 0.00161. The average Bonchev–Trinajstić information content (AvgIpc) is 2.43.